The molecule has 0 heterocycles. The zero-order valence-electron chi connectivity index (χ0n) is 13.1. The monoisotopic (exact) mass is 318 g/mol. The summed E-state index contributed by atoms with van der Waals surface area (Å²) >= 11 is 0. The smallest absolute Gasteiger partial charge is 0.272 e. The molecule has 0 aliphatic heterocycles. The Bertz CT molecular complexity index is 689. The molecule has 0 amide bonds. The second-order valence-electron chi connectivity index (χ2n) is 5.36. The molecule has 0 fully saturated rings. The van der Waals surface area contributed by atoms with Crippen molar-refractivity contribution in [1.29, 1.82) is 0 Å². The number of nitrogens with zero attached hydrogens (tertiary/aromatic N) is 2. The zero-order valence-corrected chi connectivity index (χ0v) is 13.1. The first kappa shape index (κ1) is 16.9. The van der Waals surface area contributed by atoms with Crippen molar-refractivity contribution in [3.63, 3.8) is 0 Å². The molecule has 1 unspecified atom stereocenters. The van der Waals surface area contributed by atoms with Crippen molar-refractivity contribution in [2.75, 3.05) is 18.0 Å². The van der Waals surface area contributed by atoms with E-state index in [9.17, 15) is 19.6 Å². The van der Waals surface area contributed by atoms with Crippen molar-refractivity contribution in [3.8, 4) is 0 Å². The van der Waals surface area contributed by atoms with Gasteiger partial charge in [-0.2, -0.15) is 0 Å². The van der Waals surface area contributed by atoms with Gasteiger partial charge in [0.15, 0.2) is 5.82 Å². The number of aliphatic hydroxyl groups is 1. The normalized spacial score (nSPS) is 12.0. The minimum absolute atomic E-state index is 0.203. The number of aliphatic hydroxyl groups excluding tert-OH is 1. The number of hydrogen-bond donors (Lipinski definition) is 1. The van der Waals surface area contributed by atoms with Crippen molar-refractivity contribution < 1.29 is 14.4 Å². The quantitative estimate of drug-likeness (QED) is 0.653. The molecule has 23 heavy (non-hydrogen) atoms. The summed E-state index contributed by atoms with van der Waals surface area (Å²) in [6, 6.07) is 11.0. The first-order valence-corrected chi connectivity index (χ1v) is 7.36. The lowest BCUT2D eigenvalue weighted by molar-refractivity contribution is -0.385. The van der Waals surface area contributed by atoms with Gasteiger partial charge in [-0.05, 0) is 25.5 Å². The van der Waals surface area contributed by atoms with Crippen LogP contribution in [-0.2, 0) is 0 Å². The van der Waals surface area contributed by atoms with Crippen LogP contribution in [0.2, 0.25) is 0 Å². The van der Waals surface area contributed by atoms with E-state index >= 15 is 0 Å². The SMILES string of the molecule is CCN(CC(O)c1ccc(C)cc1)c1ccc([N+](=O)[O-])cc1F. The second kappa shape index (κ2) is 7.19. The summed E-state index contributed by atoms with van der Waals surface area (Å²) in [4.78, 5) is 11.7. The van der Waals surface area contributed by atoms with E-state index in [1.54, 1.807) is 4.90 Å². The van der Waals surface area contributed by atoms with Gasteiger partial charge in [0, 0.05) is 19.2 Å². The predicted molar refractivity (Wildman–Crippen MR) is 87.1 cm³/mol. The molecule has 0 aliphatic rings. The van der Waals surface area contributed by atoms with Crippen molar-refractivity contribution in [3.05, 3.63) is 69.5 Å². The van der Waals surface area contributed by atoms with E-state index in [2.05, 4.69) is 0 Å². The number of anilines is 1. The van der Waals surface area contributed by atoms with Crippen LogP contribution in [0.3, 0.4) is 0 Å². The van der Waals surface area contributed by atoms with E-state index in [1.807, 2.05) is 38.1 Å². The molecular weight excluding hydrogens is 299 g/mol. The van der Waals surface area contributed by atoms with E-state index < -0.39 is 16.8 Å². The maximum absolute atomic E-state index is 14.1. The maximum Gasteiger partial charge on any atom is 0.272 e. The van der Waals surface area contributed by atoms with Crippen LogP contribution in [0.1, 0.15) is 24.2 Å². The lowest BCUT2D eigenvalue weighted by atomic mass is 10.1. The van der Waals surface area contributed by atoms with Crippen LogP contribution in [0, 0.1) is 22.9 Å². The Morgan fingerprint density at radius 2 is 1.91 bits per heavy atom. The van der Waals surface area contributed by atoms with Crippen molar-refractivity contribution in [1.82, 2.24) is 0 Å². The standard InChI is InChI=1S/C17H19FN2O3/c1-3-19(11-17(21)13-6-4-12(2)5-7-13)16-9-8-14(20(22)23)10-15(16)18/h4-10,17,21H,3,11H2,1-2H3. The molecule has 2 aromatic carbocycles. The van der Waals surface area contributed by atoms with Crippen molar-refractivity contribution >= 4 is 11.4 Å². The Morgan fingerprint density at radius 3 is 2.43 bits per heavy atom. The molecule has 0 radical (unpaired) electrons. The van der Waals surface area contributed by atoms with Gasteiger partial charge in [0.2, 0.25) is 0 Å². The van der Waals surface area contributed by atoms with Crippen LogP contribution in [0.25, 0.3) is 0 Å². The average Bonchev–Trinajstić information content (AvgIpc) is 2.53. The van der Waals surface area contributed by atoms with Crippen molar-refractivity contribution in [2.45, 2.75) is 20.0 Å². The fraction of sp³-hybridized carbons (Fsp3) is 0.294. The predicted octanol–water partition coefficient (Wildman–Crippen LogP) is 3.60. The number of benzene rings is 2. The van der Waals surface area contributed by atoms with Gasteiger partial charge in [-0.15, -0.1) is 0 Å². The number of likely N-dealkylation sites (N-methyl/N-ethyl adjacent to an activating group) is 1. The Balaban J connectivity index is 2.19. The van der Waals surface area contributed by atoms with Crippen LogP contribution in [0.15, 0.2) is 42.5 Å². The number of hydrogen-bond acceptors (Lipinski definition) is 4. The summed E-state index contributed by atoms with van der Waals surface area (Å²) in [6.07, 6.45) is -0.773. The Morgan fingerprint density at radius 1 is 1.26 bits per heavy atom. The number of aryl methyl sites for hydroxylation is 1. The van der Waals surface area contributed by atoms with Gasteiger partial charge in [0.1, 0.15) is 0 Å². The molecule has 2 aromatic rings. The highest BCUT2D eigenvalue weighted by molar-refractivity contribution is 5.52. The van der Waals surface area contributed by atoms with E-state index in [0.717, 1.165) is 17.2 Å². The van der Waals surface area contributed by atoms with Crippen molar-refractivity contribution in [2.24, 2.45) is 0 Å². The van der Waals surface area contributed by atoms with Gasteiger partial charge in [0.25, 0.3) is 5.69 Å². The third-order valence-corrected chi connectivity index (χ3v) is 3.72. The third kappa shape index (κ3) is 4.04. The zero-order chi connectivity index (χ0) is 17.0. The summed E-state index contributed by atoms with van der Waals surface area (Å²) in [7, 11) is 0. The largest absolute Gasteiger partial charge is 0.387 e. The van der Waals surface area contributed by atoms with E-state index in [4.69, 9.17) is 0 Å². The molecule has 0 spiro atoms. The molecule has 122 valence electrons. The lowest BCUT2D eigenvalue weighted by Gasteiger charge is -2.26. The highest BCUT2D eigenvalue weighted by atomic mass is 19.1. The molecule has 5 nitrogen and oxygen atoms in total. The van der Waals surface area contributed by atoms with E-state index in [0.29, 0.717) is 6.54 Å². The average molecular weight is 318 g/mol. The molecule has 0 saturated heterocycles. The van der Waals surface area contributed by atoms with Crippen LogP contribution in [0.4, 0.5) is 15.8 Å². The first-order chi connectivity index (χ1) is 10.9. The number of nitro groups is 1. The number of halogens is 1. The molecule has 6 heteroatoms. The maximum atomic E-state index is 14.1. The van der Waals surface area contributed by atoms with Crippen LogP contribution >= 0.6 is 0 Å². The highest BCUT2D eigenvalue weighted by Gasteiger charge is 2.18. The summed E-state index contributed by atoms with van der Waals surface area (Å²) in [5, 5.41) is 21.0. The minimum Gasteiger partial charge on any atom is -0.387 e. The number of non-ortho nitro benzene ring substituents is 1. The van der Waals surface area contributed by atoms with Crippen LogP contribution < -0.4 is 4.90 Å². The van der Waals surface area contributed by atoms with Gasteiger partial charge >= 0.3 is 0 Å². The lowest BCUT2D eigenvalue weighted by Crippen LogP contribution is -2.29. The summed E-state index contributed by atoms with van der Waals surface area (Å²) in [5.41, 5.74) is 1.79. The summed E-state index contributed by atoms with van der Waals surface area (Å²) < 4.78 is 14.1. The topological polar surface area (TPSA) is 66.6 Å². The van der Waals surface area contributed by atoms with Gasteiger partial charge in [-0.1, -0.05) is 29.8 Å². The highest BCUT2D eigenvalue weighted by Crippen LogP contribution is 2.26. The molecule has 0 saturated carbocycles. The second-order valence-corrected chi connectivity index (χ2v) is 5.36. The van der Waals surface area contributed by atoms with Crippen LogP contribution in [-0.4, -0.2) is 23.1 Å². The van der Waals surface area contributed by atoms with E-state index in [1.165, 1.54) is 12.1 Å². The van der Waals surface area contributed by atoms with Gasteiger partial charge in [0.05, 0.1) is 22.8 Å². The third-order valence-electron chi connectivity index (χ3n) is 3.72. The van der Waals surface area contributed by atoms with Gasteiger partial charge in [-0.25, -0.2) is 4.39 Å². The Kier molecular flexibility index (Phi) is 5.28. The summed E-state index contributed by atoms with van der Waals surface area (Å²) in [6.45, 7) is 4.47. The van der Waals surface area contributed by atoms with E-state index in [-0.39, 0.29) is 17.9 Å². The molecule has 1 atom stereocenters. The van der Waals surface area contributed by atoms with Gasteiger partial charge < -0.3 is 10.0 Å². The first-order valence-electron chi connectivity index (χ1n) is 7.36. The van der Waals surface area contributed by atoms with Crippen LogP contribution in [0.5, 0.6) is 0 Å². The Hall–Kier alpha value is -2.47. The molecule has 2 rings (SSSR count). The number of rotatable bonds is 6. The Labute approximate surface area is 134 Å². The fourth-order valence-electron chi connectivity index (χ4n) is 2.37. The molecular formula is C17H19FN2O3. The number of nitro benzene ring substituents is 1. The molecule has 1 N–H and O–H groups in total. The minimum atomic E-state index is -0.773. The van der Waals surface area contributed by atoms with Gasteiger partial charge in [-0.3, -0.25) is 10.1 Å². The molecule has 0 aromatic heterocycles. The summed E-state index contributed by atoms with van der Waals surface area (Å²) in [5.74, 6) is -0.669. The fourth-order valence-corrected chi connectivity index (χ4v) is 2.37. The molecule has 0 bridgehead atoms. The molecule has 0 aliphatic carbocycles.